The van der Waals surface area contributed by atoms with E-state index in [-0.39, 0.29) is 0 Å². The van der Waals surface area contributed by atoms with Crippen LogP contribution in [-0.4, -0.2) is 41.6 Å². The highest BCUT2D eigenvalue weighted by Crippen LogP contribution is 2.27. The third kappa shape index (κ3) is 2.54. The van der Waals surface area contributed by atoms with Gasteiger partial charge in [-0.15, -0.1) is 11.3 Å². The quantitative estimate of drug-likeness (QED) is 0.885. The van der Waals surface area contributed by atoms with E-state index in [0.717, 1.165) is 30.7 Å². The first kappa shape index (κ1) is 11.6. The van der Waals surface area contributed by atoms with Crippen molar-refractivity contribution >= 4 is 11.3 Å². The molecular formula is C13H21N3S. The molecule has 0 spiro atoms. The number of aryl methyl sites for hydroxylation is 1. The normalized spacial score (nSPS) is 28.8. The maximum atomic E-state index is 4.51. The molecule has 3 nitrogen and oxygen atoms in total. The Morgan fingerprint density at radius 3 is 3.24 bits per heavy atom. The van der Waals surface area contributed by atoms with Crippen LogP contribution in [0.25, 0.3) is 0 Å². The summed E-state index contributed by atoms with van der Waals surface area (Å²) in [6.07, 6.45) is 5.21. The highest BCUT2D eigenvalue weighted by molar-refractivity contribution is 7.09. The van der Waals surface area contributed by atoms with E-state index in [1.807, 2.05) is 0 Å². The largest absolute Gasteiger partial charge is 0.312 e. The van der Waals surface area contributed by atoms with E-state index < -0.39 is 0 Å². The summed E-state index contributed by atoms with van der Waals surface area (Å²) in [6, 6.07) is 1.56. The van der Waals surface area contributed by atoms with E-state index in [4.69, 9.17) is 0 Å². The monoisotopic (exact) mass is 251 g/mol. The highest BCUT2D eigenvalue weighted by atomic mass is 32.1. The van der Waals surface area contributed by atoms with Crippen molar-refractivity contribution in [1.29, 1.82) is 0 Å². The molecule has 0 saturated carbocycles. The fourth-order valence-corrected chi connectivity index (χ4v) is 3.98. The minimum Gasteiger partial charge on any atom is -0.312 e. The van der Waals surface area contributed by atoms with Crippen LogP contribution in [-0.2, 0) is 6.42 Å². The molecule has 2 atom stereocenters. The second-order valence-electron chi connectivity index (χ2n) is 5.23. The molecule has 2 saturated heterocycles. The first-order valence-corrected chi connectivity index (χ1v) is 7.59. The molecular weight excluding hydrogens is 230 g/mol. The van der Waals surface area contributed by atoms with Crippen LogP contribution in [0.15, 0.2) is 5.38 Å². The SMILES string of the molecule is Cc1csc(CCNC2CCN3CCCC23)n1. The zero-order valence-corrected chi connectivity index (χ0v) is 11.3. The number of hydrogen-bond acceptors (Lipinski definition) is 4. The van der Waals surface area contributed by atoms with Crippen LogP contribution in [0.5, 0.6) is 0 Å². The Hall–Kier alpha value is -0.450. The van der Waals surface area contributed by atoms with Crippen molar-refractivity contribution in [2.24, 2.45) is 0 Å². The van der Waals surface area contributed by atoms with Gasteiger partial charge in [-0.25, -0.2) is 4.98 Å². The minimum absolute atomic E-state index is 0.735. The number of hydrogen-bond donors (Lipinski definition) is 1. The summed E-state index contributed by atoms with van der Waals surface area (Å²) in [7, 11) is 0. The Morgan fingerprint density at radius 1 is 1.47 bits per heavy atom. The molecule has 1 aromatic rings. The highest BCUT2D eigenvalue weighted by Gasteiger charge is 2.36. The molecule has 4 heteroatoms. The molecule has 94 valence electrons. The van der Waals surface area contributed by atoms with Crippen LogP contribution >= 0.6 is 11.3 Å². The summed E-state index contributed by atoms with van der Waals surface area (Å²) in [4.78, 5) is 7.17. The lowest BCUT2D eigenvalue weighted by Crippen LogP contribution is -2.39. The molecule has 0 amide bonds. The van der Waals surface area contributed by atoms with Gasteiger partial charge in [0.25, 0.3) is 0 Å². The smallest absolute Gasteiger partial charge is 0.0940 e. The molecule has 3 heterocycles. The van der Waals surface area contributed by atoms with Crippen molar-refractivity contribution in [3.63, 3.8) is 0 Å². The van der Waals surface area contributed by atoms with Gasteiger partial charge in [0.2, 0.25) is 0 Å². The molecule has 2 aliphatic rings. The molecule has 2 fully saturated rings. The first-order valence-electron chi connectivity index (χ1n) is 6.71. The zero-order valence-electron chi connectivity index (χ0n) is 10.5. The van der Waals surface area contributed by atoms with Crippen molar-refractivity contribution in [1.82, 2.24) is 15.2 Å². The van der Waals surface area contributed by atoms with Gasteiger partial charge in [-0.3, -0.25) is 4.90 Å². The Bertz CT molecular complexity index is 376. The fourth-order valence-electron chi connectivity index (χ4n) is 3.20. The Labute approximate surface area is 107 Å². The molecule has 17 heavy (non-hydrogen) atoms. The van der Waals surface area contributed by atoms with E-state index in [0.29, 0.717) is 0 Å². The summed E-state index contributed by atoms with van der Waals surface area (Å²) < 4.78 is 0. The number of nitrogens with one attached hydrogen (secondary N) is 1. The van der Waals surface area contributed by atoms with Gasteiger partial charge in [0, 0.05) is 42.7 Å². The lowest BCUT2D eigenvalue weighted by molar-refractivity contribution is 0.299. The fraction of sp³-hybridized carbons (Fsp3) is 0.769. The topological polar surface area (TPSA) is 28.2 Å². The van der Waals surface area contributed by atoms with Gasteiger partial charge in [-0.1, -0.05) is 0 Å². The molecule has 3 rings (SSSR count). The lowest BCUT2D eigenvalue weighted by atomic mass is 10.1. The minimum atomic E-state index is 0.735. The number of thiazole rings is 1. The van der Waals surface area contributed by atoms with Crippen LogP contribution in [0.2, 0.25) is 0 Å². The Balaban J connectivity index is 1.45. The first-order chi connectivity index (χ1) is 8.33. The third-order valence-corrected chi connectivity index (χ3v) is 5.04. The maximum absolute atomic E-state index is 4.51. The van der Waals surface area contributed by atoms with E-state index in [1.54, 1.807) is 11.3 Å². The van der Waals surface area contributed by atoms with Gasteiger partial charge in [0.05, 0.1) is 5.01 Å². The number of fused-ring (bicyclic) bond motifs is 1. The maximum Gasteiger partial charge on any atom is 0.0940 e. The van der Waals surface area contributed by atoms with Gasteiger partial charge in [-0.05, 0) is 32.7 Å². The van der Waals surface area contributed by atoms with Gasteiger partial charge in [-0.2, -0.15) is 0 Å². The molecule has 1 aromatic heterocycles. The lowest BCUT2D eigenvalue weighted by Gasteiger charge is -2.21. The molecule has 1 N–H and O–H groups in total. The van der Waals surface area contributed by atoms with Crippen molar-refractivity contribution in [3.8, 4) is 0 Å². The standard InChI is InChI=1S/C13H21N3S/c1-10-9-17-13(15-10)4-6-14-11-5-8-16-7-2-3-12(11)16/h9,11-12,14H,2-8H2,1H3. The van der Waals surface area contributed by atoms with Gasteiger partial charge >= 0.3 is 0 Å². The molecule has 0 bridgehead atoms. The van der Waals surface area contributed by atoms with Crippen LogP contribution < -0.4 is 5.32 Å². The molecule has 0 aromatic carbocycles. The predicted molar refractivity (Wildman–Crippen MR) is 71.6 cm³/mol. The molecule has 0 radical (unpaired) electrons. The molecule has 0 aliphatic carbocycles. The average Bonchev–Trinajstić information content (AvgIpc) is 2.97. The average molecular weight is 251 g/mol. The van der Waals surface area contributed by atoms with Gasteiger partial charge < -0.3 is 5.32 Å². The van der Waals surface area contributed by atoms with E-state index >= 15 is 0 Å². The summed E-state index contributed by atoms with van der Waals surface area (Å²) in [5.74, 6) is 0. The zero-order chi connectivity index (χ0) is 11.7. The van der Waals surface area contributed by atoms with Gasteiger partial charge in [0.1, 0.15) is 0 Å². The van der Waals surface area contributed by atoms with E-state index in [9.17, 15) is 0 Å². The summed E-state index contributed by atoms with van der Waals surface area (Å²) in [6.45, 7) is 5.79. The summed E-state index contributed by atoms with van der Waals surface area (Å²) >= 11 is 1.79. The summed E-state index contributed by atoms with van der Waals surface area (Å²) in [5.41, 5.74) is 1.16. The predicted octanol–water partition coefficient (Wildman–Crippen LogP) is 1.82. The molecule has 2 aliphatic heterocycles. The van der Waals surface area contributed by atoms with E-state index in [1.165, 1.54) is 37.4 Å². The summed E-state index contributed by atoms with van der Waals surface area (Å²) in [5, 5.41) is 7.15. The Morgan fingerprint density at radius 2 is 2.41 bits per heavy atom. The molecule has 2 unspecified atom stereocenters. The number of rotatable bonds is 4. The van der Waals surface area contributed by atoms with Crippen molar-refractivity contribution in [3.05, 3.63) is 16.1 Å². The van der Waals surface area contributed by atoms with Crippen LogP contribution in [0.1, 0.15) is 30.0 Å². The Kier molecular flexibility index (Phi) is 3.45. The van der Waals surface area contributed by atoms with Crippen molar-refractivity contribution in [2.75, 3.05) is 19.6 Å². The van der Waals surface area contributed by atoms with Gasteiger partial charge in [0.15, 0.2) is 0 Å². The van der Waals surface area contributed by atoms with Crippen LogP contribution in [0, 0.1) is 6.92 Å². The second-order valence-corrected chi connectivity index (χ2v) is 6.17. The van der Waals surface area contributed by atoms with Crippen molar-refractivity contribution in [2.45, 2.75) is 44.7 Å². The number of aromatic nitrogens is 1. The number of nitrogens with zero attached hydrogens (tertiary/aromatic N) is 2. The third-order valence-electron chi connectivity index (χ3n) is 4.02. The van der Waals surface area contributed by atoms with Crippen LogP contribution in [0.3, 0.4) is 0 Å². The van der Waals surface area contributed by atoms with Crippen molar-refractivity contribution < 1.29 is 0 Å². The van der Waals surface area contributed by atoms with E-state index in [2.05, 4.69) is 27.5 Å². The van der Waals surface area contributed by atoms with Crippen LogP contribution in [0.4, 0.5) is 0 Å². The second kappa shape index (κ2) is 5.04.